The lowest BCUT2D eigenvalue weighted by atomic mass is 10.1. The highest BCUT2D eigenvalue weighted by molar-refractivity contribution is 5.78. The van der Waals surface area contributed by atoms with Crippen molar-refractivity contribution in [2.75, 3.05) is 14.2 Å². The molecule has 0 saturated carbocycles. The van der Waals surface area contributed by atoms with E-state index in [1.807, 2.05) is 18.2 Å². The summed E-state index contributed by atoms with van der Waals surface area (Å²) in [5, 5.41) is 1.28. The summed E-state index contributed by atoms with van der Waals surface area (Å²) in [7, 11) is 3.35. The first kappa shape index (κ1) is 14.4. The minimum Gasteiger partial charge on any atom is -0.497 e. The molecule has 0 fully saturated rings. The Hall–Kier alpha value is -2.55. The maximum Gasteiger partial charge on any atom is 0.213 e. The number of hydrogen-bond donors (Lipinski definition) is 0. The first-order valence-electron chi connectivity index (χ1n) is 7.31. The molecular formula is C19H20NO2+. The fraction of sp³-hybridized carbons (Fsp3) is 0.211. The first-order valence-corrected chi connectivity index (χ1v) is 7.31. The number of methoxy groups -OCH3 is 2. The van der Waals surface area contributed by atoms with Gasteiger partial charge >= 0.3 is 0 Å². The van der Waals surface area contributed by atoms with Gasteiger partial charge in [0, 0.05) is 29.1 Å². The van der Waals surface area contributed by atoms with Crippen LogP contribution in [0.15, 0.2) is 54.7 Å². The summed E-state index contributed by atoms with van der Waals surface area (Å²) in [6.45, 7) is 2.91. The van der Waals surface area contributed by atoms with Crippen LogP contribution in [-0.2, 0) is 6.54 Å². The molecule has 112 valence electrons. The molecule has 1 heterocycles. The fourth-order valence-corrected chi connectivity index (χ4v) is 2.72. The maximum absolute atomic E-state index is 5.35. The molecule has 22 heavy (non-hydrogen) atoms. The van der Waals surface area contributed by atoms with E-state index < -0.39 is 0 Å². The molecule has 0 atom stereocenters. The van der Waals surface area contributed by atoms with Gasteiger partial charge in [0.05, 0.1) is 14.2 Å². The van der Waals surface area contributed by atoms with Crippen LogP contribution in [0.3, 0.4) is 0 Å². The van der Waals surface area contributed by atoms with Gasteiger partial charge in [-0.1, -0.05) is 12.1 Å². The van der Waals surface area contributed by atoms with Crippen LogP contribution in [0.1, 0.15) is 11.1 Å². The van der Waals surface area contributed by atoms with Gasteiger partial charge in [-0.05, 0) is 30.7 Å². The van der Waals surface area contributed by atoms with E-state index in [1.54, 1.807) is 14.2 Å². The Bertz CT molecular complexity index is 789. The fourth-order valence-electron chi connectivity index (χ4n) is 2.72. The molecule has 2 aromatic carbocycles. The van der Waals surface area contributed by atoms with Gasteiger partial charge in [-0.2, -0.15) is 4.57 Å². The summed E-state index contributed by atoms with van der Waals surface area (Å²) in [5.74, 6) is 1.62. The quantitative estimate of drug-likeness (QED) is 0.687. The third-order valence-corrected chi connectivity index (χ3v) is 3.91. The van der Waals surface area contributed by atoms with Crippen LogP contribution in [0.4, 0.5) is 0 Å². The topological polar surface area (TPSA) is 22.3 Å². The molecule has 0 bridgehead atoms. The van der Waals surface area contributed by atoms with Crippen molar-refractivity contribution >= 4 is 10.9 Å². The summed E-state index contributed by atoms with van der Waals surface area (Å²) >= 11 is 0. The third-order valence-electron chi connectivity index (χ3n) is 3.91. The highest BCUT2D eigenvalue weighted by Gasteiger charge is 2.12. The van der Waals surface area contributed by atoms with Gasteiger partial charge in [-0.15, -0.1) is 0 Å². The van der Waals surface area contributed by atoms with Gasteiger partial charge < -0.3 is 9.47 Å². The van der Waals surface area contributed by atoms with Crippen LogP contribution in [0.5, 0.6) is 11.5 Å². The second-order valence-electron chi connectivity index (χ2n) is 5.36. The number of rotatable bonds is 4. The van der Waals surface area contributed by atoms with Crippen molar-refractivity contribution in [2.24, 2.45) is 0 Å². The summed E-state index contributed by atoms with van der Waals surface area (Å²) in [5.41, 5.74) is 3.66. The zero-order valence-corrected chi connectivity index (χ0v) is 13.2. The van der Waals surface area contributed by atoms with Crippen LogP contribution >= 0.6 is 0 Å². The van der Waals surface area contributed by atoms with Crippen LogP contribution in [0, 0.1) is 6.92 Å². The smallest absolute Gasteiger partial charge is 0.213 e. The number of nitrogens with zero attached hydrogens (tertiary/aromatic N) is 1. The van der Waals surface area contributed by atoms with Gasteiger partial charge in [-0.25, -0.2) is 0 Å². The lowest BCUT2D eigenvalue weighted by molar-refractivity contribution is -0.662. The number of aromatic nitrogens is 1. The van der Waals surface area contributed by atoms with Gasteiger partial charge in [0.25, 0.3) is 0 Å². The molecule has 3 nitrogen and oxygen atoms in total. The van der Waals surface area contributed by atoms with E-state index >= 15 is 0 Å². The molecule has 0 saturated heterocycles. The highest BCUT2D eigenvalue weighted by atomic mass is 16.5. The predicted octanol–water partition coefficient (Wildman–Crippen LogP) is 3.50. The number of aryl methyl sites for hydroxylation is 1. The predicted molar refractivity (Wildman–Crippen MR) is 87.5 cm³/mol. The standard InChI is InChI=1S/C19H20NO2/c1-14-8-9-20(19-7-5-4-6-18(14)19)13-15-10-16(21-2)12-17(11-15)22-3/h4-12H,13H2,1-3H3/q+1. The van der Waals surface area contributed by atoms with E-state index in [2.05, 4.69) is 48.0 Å². The second-order valence-corrected chi connectivity index (χ2v) is 5.36. The van der Waals surface area contributed by atoms with Crippen molar-refractivity contribution in [1.82, 2.24) is 0 Å². The van der Waals surface area contributed by atoms with E-state index in [-0.39, 0.29) is 0 Å². The van der Waals surface area contributed by atoms with Crippen molar-refractivity contribution in [1.29, 1.82) is 0 Å². The number of para-hydroxylation sites is 1. The molecule has 3 rings (SSSR count). The third kappa shape index (κ3) is 2.75. The van der Waals surface area contributed by atoms with Crippen LogP contribution in [-0.4, -0.2) is 14.2 Å². The van der Waals surface area contributed by atoms with Gasteiger partial charge in [0.15, 0.2) is 12.7 Å². The Balaban J connectivity index is 2.05. The maximum atomic E-state index is 5.35. The zero-order chi connectivity index (χ0) is 15.5. The molecule has 0 aliphatic carbocycles. The molecule has 0 unspecified atom stereocenters. The number of fused-ring (bicyclic) bond motifs is 1. The van der Waals surface area contributed by atoms with Crippen molar-refractivity contribution in [3.63, 3.8) is 0 Å². The number of pyridine rings is 1. The average molecular weight is 294 g/mol. The molecule has 3 heteroatoms. The molecule has 0 radical (unpaired) electrons. The molecule has 3 aromatic rings. The Morgan fingerprint density at radius 2 is 1.59 bits per heavy atom. The lowest BCUT2D eigenvalue weighted by Crippen LogP contribution is -2.34. The molecule has 0 aliphatic heterocycles. The molecule has 0 amide bonds. The van der Waals surface area contributed by atoms with E-state index in [0.717, 1.165) is 23.6 Å². The molecular weight excluding hydrogens is 274 g/mol. The minimum atomic E-state index is 0.772. The van der Waals surface area contributed by atoms with Gasteiger partial charge in [0.2, 0.25) is 5.52 Å². The van der Waals surface area contributed by atoms with E-state index in [9.17, 15) is 0 Å². The van der Waals surface area contributed by atoms with Gasteiger partial charge in [-0.3, -0.25) is 0 Å². The zero-order valence-electron chi connectivity index (χ0n) is 13.2. The van der Waals surface area contributed by atoms with Gasteiger partial charge in [0.1, 0.15) is 11.5 Å². The summed E-state index contributed by atoms with van der Waals surface area (Å²) < 4.78 is 13.0. The Morgan fingerprint density at radius 3 is 2.27 bits per heavy atom. The Kier molecular flexibility index (Phi) is 3.96. The van der Waals surface area contributed by atoms with Crippen LogP contribution in [0.2, 0.25) is 0 Å². The van der Waals surface area contributed by atoms with E-state index in [0.29, 0.717) is 0 Å². The van der Waals surface area contributed by atoms with Crippen LogP contribution < -0.4 is 14.0 Å². The first-order chi connectivity index (χ1) is 10.7. The average Bonchev–Trinajstić information content (AvgIpc) is 2.57. The molecule has 0 aliphatic rings. The van der Waals surface area contributed by atoms with Crippen molar-refractivity contribution in [2.45, 2.75) is 13.5 Å². The Morgan fingerprint density at radius 1 is 0.909 bits per heavy atom. The van der Waals surface area contributed by atoms with E-state index in [1.165, 1.54) is 16.5 Å². The number of benzene rings is 2. The lowest BCUT2D eigenvalue weighted by Gasteiger charge is -2.08. The molecule has 0 spiro atoms. The number of ether oxygens (including phenoxy) is 2. The SMILES string of the molecule is COc1cc(C[n+]2ccc(C)c3ccccc32)cc(OC)c1. The Labute approximate surface area is 130 Å². The minimum absolute atomic E-state index is 0.772. The van der Waals surface area contributed by atoms with Crippen molar-refractivity contribution in [3.8, 4) is 11.5 Å². The van der Waals surface area contributed by atoms with Crippen molar-refractivity contribution < 1.29 is 14.0 Å². The molecule has 0 N–H and O–H groups in total. The number of hydrogen-bond acceptors (Lipinski definition) is 2. The van der Waals surface area contributed by atoms with E-state index in [4.69, 9.17) is 9.47 Å². The monoisotopic (exact) mass is 294 g/mol. The summed E-state index contributed by atoms with van der Waals surface area (Å²) in [6.07, 6.45) is 2.13. The largest absolute Gasteiger partial charge is 0.497 e. The summed E-state index contributed by atoms with van der Waals surface area (Å²) in [4.78, 5) is 0. The second kappa shape index (κ2) is 6.06. The van der Waals surface area contributed by atoms with Crippen molar-refractivity contribution in [3.05, 3.63) is 65.9 Å². The molecule has 1 aromatic heterocycles. The summed E-state index contributed by atoms with van der Waals surface area (Å²) in [6, 6.07) is 16.6. The van der Waals surface area contributed by atoms with Crippen LogP contribution in [0.25, 0.3) is 10.9 Å². The normalized spacial score (nSPS) is 10.7. The highest BCUT2D eigenvalue weighted by Crippen LogP contribution is 2.23.